The molecule has 0 aliphatic carbocycles. The van der Waals surface area contributed by atoms with Crippen LogP contribution in [-0.2, 0) is 0 Å². The minimum absolute atomic E-state index is 0.374. The molecule has 0 aromatic heterocycles. The number of rotatable bonds is 0. The van der Waals surface area contributed by atoms with E-state index < -0.39 is 0 Å². The van der Waals surface area contributed by atoms with Crippen LogP contribution in [0.15, 0.2) is 0 Å². The zero-order valence-electron chi connectivity index (χ0n) is 6.86. The molecular formula is C9H10O2. The van der Waals surface area contributed by atoms with Gasteiger partial charge in [0.25, 0.3) is 0 Å². The standard InChI is InChI=1S/C9H10O2/c1-4-5(2)8-9(11-8)6(3)7(4)10/h10H,1-3H3. The topological polar surface area (TPSA) is 32.8 Å². The third kappa shape index (κ3) is 0.666. The summed E-state index contributed by atoms with van der Waals surface area (Å²) >= 11 is 0. The summed E-state index contributed by atoms with van der Waals surface area (Å²) in [6.45, 7) is 5.73. The first-order valence-electron chi connectivity index (χ1n) is 3.63. The maximum Gasteiger partial charge on any atom is 0.177 e. The van der Waals surface area contributed by atoms with Crippen LogP contribution in [-0.4, -0.2) is 5.11 Å². The van der Waals surface area contributed by atoms with E-state index in [2.05, 4.69) is 0 Å². The molecule has 0 fully saturated rings. The number of hydrogen-bond acceptors (Lipinski definition) is 2. The largest absolute Gasteiger partial charge is 0.507 e. The van der Waals surface area contributed by atoms with E-state index in [0.29, 0.717) is 5.75 Å². The number of hydrogen-bond donors (Lipinski definition) is 1. The van der Waals surface area contributed by atoms with Crippen molar-refractivity contribution < 1.29 is 9.84 Å². The van der Waals surface area contributed by atoms with Gasteiger partial charge in [-0.1, -0.05) is 0 Å². The molecule has 0 amide bonds. The predicted molar refractivity (Wildman–Crippen MR) is 42.4 cm³/mol. The maximum absolute atomic E-state index is 9.52. The summed E-state index contributed by atoms with van der Waals surface area (Å²) in [4.78, 5) is 0. The molecule has 1 N–H and O–H groups in total. The van der Waals surface area contributed by atoms with Crippen LogP contribution in [0.4, 0.5) is 0 Å². The minimum atomic E-state index is 0.374. The van der Waals surface area contributed by atoms with E-state index in [1.165, 1.54) is 0 Å². The van der Waals surface area contributed by atoms with E-state index >= 15 is 0 Å². The van der Waals surface area contributed by atoms with Crippen molar-refractivity contribution in [1.29, 1.82) is 0 Å². The number of phenolic OH excluding ortho intramolecular Hbond substituents is 1. The molecule has 1 aromatic rings. The van der Waals surface area contributed by atoms with Crippen LogP contribution in [0, 0.1) is 20.8 Å². The van der Waals surface area contributed by atoms with Gasteiger partial charge in [-0.2, -0.15) is 0 Å². The van der Waals surface area contributed by atoms with Crippen LogP contribution in [0.25, 0.3) is 0 Å². The molecule has 1 heterocycles. The first-order chi connectivity index (χ1) is 5.13. The molecule has 0 bridgehead atoms. The highest BCUT2D eigenvalue weighted by molar-refractivity contribution is 5.70. The first kappa shape index (κ1) is 6.53. The number of phenols is 1. The Balaban J connectivity index is 2.78. The van der Waals surface area contributed by atoms with Gasteiger partial charge in [0, 0.05) is 11.1 Å². The molecule has 0 radical (unpaired) electrons. The fraction of sp³-hybridized carbons (Fsp3) is 0.333. The zero-order valence-corrected chi connectivity index (χ0v) is 6.86. The fourth-order valence-electron chi connectivity index (χ4n) is 1.31. The van der Waals surface area contributed by atoms with Crippen molar-refractivity contribution in [3.05, 3.63) is 16.7 Å². The van der Waals surface area contributed by atoms with Crippen molar-refractivity contribution in [1.82, 2.24) is 0 Å². The molecule has 0 saturated carbocycles. The van der Waals surface area contributed by atoms with E-state index in [-0.39, 0.29) is 0 Å². The predicted octanol–water partition coefficient (Wildman–Crippen LogP) is 2.42. The highest BCUT2D eigenvalue weighted by Crippen LogP contribution is 2.55. The number of aromatic hydroxyl groups is 1. The summed E-state index contributed by atoms with van der Waals surface area (Å²) in [5.41, 5.74) is 2.85. The van der Waals surface area contributed by atoms with Gasteiger partial charge in [-0.3, -0.25) is 0 Å². The molecule has 0 spiro atoms. The van der Waals surface area contributed by atoms with Crippen molar-refractivity contribution in [2.45, 2.75) is 20.8 Å². The van der Waals surface area contributed by atoms with Crippen molar-refractivity contribution in [3.8, 4) is 17.2 Å². The summed E-state index contributed by atoms with van der Waals surface area (Å²) in [7, 11) is 0. The van der Waals surface area contributed by atoms with Gasteiger partial charge in [-0.25, -0.2) is 0 Å². The minimum Gasteiger partial charge on any atom is -0.507 e. The summed E-state index contributed by atoms with van der Waals surface area (Å²) in [6, 6.07) is 0. The average Bonchev–Trinajstić information content (AvgIpc) is 2.76. The summed E-state index contributed by atoms with van der Waals surface area (Å²) in [6.07, 6.45) is 0. The highest BCUT2D eigenvalue weighted by Gasteiger charge is 2.29. The molecule has 1 aliphatic heterocycles. The molecule has 0 atom stereocenters. The lowest BCUT2D eigenvalue weighted by atomic mass is 10.1. The van der Waals surface area contributed by atoms with Crippen molar-refractivity contribution >= 4 is 0 Å². The van der Waals surface area contributed by atoms with Crippen LogP contribution in [0.5, 0.6) is 17.2 Å². The quantitative estimate of drug-likeness (QED) is 0.585. The number of fused-ring (bicyclic) bond motifs is 1. The number of ether oxygens (including phenoxy) is 1. The van der Waals surface area contributed by atoms with Gasteiger partial charge in [-0.05, 0) is 26.3 Å². The lowest BCUT2D eigenvalue weighted by molar-refractivity contribution is 0.466. The van der Waals surface area contributed by atoms with Crippen LogP contribution >= 0.6 is 0 Å². The Morgan fingerprint density at radius 1 is 0.909 bits per heavy atom. The lowest BCUT2D eigenvalue weighted by Crippen LogP contribution is -1.79. The van der Waals surface area contributed by atoms with Gasteiger partial charge in [-0.15, -0.1) is 0 Å². The van der Waals surface area contributed by atoms with E-state index in [4.69, 9.17) is 4.74 Å². The third-order valence-electron chi connectivity index (χ3n) is 2.32. The zero-order chi connectivity index (χ0) is 8.17. The highest BCUT2D eigenvalue weighted by atomic mass is 16.6. The van der Waals surface area contributed by atoms with Gasteiger partial charge in [0.15, 0.2) is 11.5 Å². The van der Waals surface area contributed by atoms with Gasteiger partial charge in [0.05, 0.1) is 0 Å². The Morgan fingerprint density at radius 2 is 1.45 bits per heavy atom. The van der Waals surface area contributed by atoms with Gasteiger partial charge in [0.2, 0.25) is 0 Å². The Morgan fingerprint density at radius 3 is 2.09 bits per heavy atom. The van der Waals surface area contributed by atoms with E-state index in [1.807, 2.05) is 20.8 Å². The van der Waals surface area contributed by atoms with Gasteiger partial charge < -0.3 is 9.84 Å². The third-order valence-corrected chi connectivity index (χ3v) is 2.32. The Bertz CT molecular complexity index is 307. The molecule has 1 aromatic carbocycles. The van der Waals surface area contributed by atoms with Gasteiger partial charge in [0.1, 0.15) is 5.75 Å². The number of benzene rings is 1. The fourth-order valence-corrected chi connectivity index (χ4v) is 1.31. The second-order valence-corrected chi connectivity index (χ2v) is 2.98. The first-order valence-corrected chi connectivity index (χ1v) is 3.63. The van der Waals surface area contributed by atoms with Gasteiger partial charge >= 0.3 is 0 Å². The molecule has 2 rings (SSSR count). The van der Waals surface area contributed by atoms with Crippen LogP contribution < -0.4 is 4.74 Å². The normalized spacial score (nSPS) is 12.3. The Labute approximate surface area is 65.4 Å². The maximum atomic E-state index is 9.52. The SMILES string of the molecule is Cc1c(C)c2c(c(C)c1O)O2. The second kappa shape index (κ2) is 1.70. The second-order valence-electron chi connectivity index (χ2n) is 2.98. The smallest absolute Gasteiger partial charge is 0.177 e. The molecular weight excluding hydrogens is 140 g/mol. The molecule has 2 nitrogen and oxygen atoms in total. The Hall–Kier alpha value is -1.18. The van der Waals surface area contributed by atoms with Crippen LogP contribution in [0.3, 0.4) is 0 Å². The van der Waals surface area contributed by atoms with Crippen LogP contribution in [0.2, 0.25) is 0 Å². The van der Waals surface area contributed by atoms with Crippen LogP contribution in [0.1, 0.15) is 16.7 Å². The monoisotopic (exact) mass is 150 g/mol. The Kier molecular flexibility index (Phi) is 1.01. The van der Waals surface area contributed by atoms with Crippen molar-refractivity contribution in [3.63, 3.8) is 0 Å². The van der Waals surface area contributed by atoms with E-state index in [1.54, 1.807) is 0 Å². The molecule has 0 saturated heterocycles. The van der Waals surface area contributed by atoms with E-state index in [9.17, 15) is 5.11 Å². The molecule has 0 unspecified atom stereocenters. The lowest BCUT2D eigenvalue weighted by Gasteiger charge is -2.00. The van der Waals surface area contributed by atoms with Crippen molar-refractivity contribution in [2.24, 2.45) is 0 Å². The summed E-state index contributed by atoms with van der Waals surface area (Å²) in [5.74, 6) is 2.20. The average molecular weight is 150 g/mol. The van der Waals surface area contributed by atoms with E-state index in [0.717, 1.165) is 28.2 Å². The van der Waals surface area contributed by atoms with Crippen molar-refractivity contribution in [2.75, 3.05) is 0 Å². The molecule has 2 heteroatoms. The summed E-state index contributed by atoms with van der Waals surface area (Å²) < 4.78 is 5.20. The molecule has 11 heavy (non-hydrogen) atoms. The summed E-state index contributed by atoms with van der Waals surface area (Å²) in [5, 5.41) is 9.52. The molecule has 1 aliphatic rings. The molecule has 58 valence electrons.